The van der Waals surface area contributed by atoms with Crippen molar-refractivity contribution in [2.24, 2.45) is 12.1 Å². The van der Waals surface area contributed by atoms with Gasteiger partial charge in [0.05, 0.1) is 17.7 Å². The van der Waals surface area contributed by atoms with E-state index in [1.165, 1.54) is 17.3 Å². The van der Waals surface area contributed by atoms with E-state index < -0.39 is 0 Å². The van der Waals surface area contributed by atoms with Gasteiger partial charge in [-0.25, -0.2) is 5.43 Å². The van der Waals surface area contributed by atoms with E-state index in [1.54, 1.807) is 6.21 Å². The number of hydrazone groups is 1. The van der Waals surface area contributed by atoms with Gasteiger partial charge in [0.1, 0.15) is 0 Å². The van der Waals surface area contributed by atoms with E-state index in [0.717, 1.165) is 28.8 Å². The molecule has 0 aliphatic carbocycles. The number of nitrogens with zero attached hydrogens (tertiary/aromatic N) is 5. The number of rotatable bonds is 7. The molecule has 0 unspecified atom stereocenters. The van der Waals surface area contributed by atoms with E-state index in [2.05, 4.69) is 39.8 Å². The van der Waals surface area contributed by atoms with Gasteiger partial charge in [-0.05, 0) is 26.0 Å². The number of hydrogen-bond acceptors (Lipinski definition) is 5. The maximum absolute atomic E-state index is 12.0. The minimum Gasteiger partial charge on any atom is -0.350 e. The van der Waals surface area contributed by atoms with Crippen molar-refractivity contribution in [3.05, 3.63) is 53.9 Å². The van der Waals surface area contributed by atoms with Crippen molar-refractivity contribution in [3.63, 3.8) is 0 Å². The smallest absolute Gasteiger partial charge is 0.250 e. The van der Waals surface area contributed by atoms with Crippen LogP contribution in [-0.2, 0) is 18.4 Å². The lowest BCUT2D eigenvalue weighted by Gasteiger charge is -2.07. The van der Waals surface area contributed by atoms with E-state index >= 15 is 0 Å². The van der Waals surface area contributed by atoms with Gasteiger partial charge in [-0.3, -0.25) is 4.79 Å². The second kappa shape index (κ2) is 8.68. The first-order valence-corrected chi connectivity index (χ1v) is 9.63. The molecule has 0 radical (unpaired) electrons. The van der Waals surface area contributed by atoms with Crippen LogP contribution in [0.3, 0.4) is 0 Å². The quantitative estimate of drug-likeness (QED) is 0.387. The Morgan fingerprint density at radius 2 is 2.04 bits per heavy atom. The van der Waals surface area contributed by atoms with E-state index in [9.17, 15) is 4.79 Å². The number of carbonyl (C=O) groups excluding carboxylic acids is 1. The first-order valence-electron chi connectivity index (χ1n) is 8.64. The van der Waals surface area contributed by atoms with Gasteiger partial charge in [-0.2, -0.15) is 5.10 Å². The van der Waals surface area contributed by atoms with Gasteiger partial charge in [-0.1, -0.05) is 41.6 Å². The van der Waals surface area contributed by atoms with Crippen LogP contribution in [0.15, 0.2) is 52.9 Å². The van der Waals surface area contributed by atoms with Crippen LogP contribution in [0, 0.1) is 6.92 Å². The molecule has 0 aliphatic heterocycles. The van der Waals surface area contributed by atoms with Gasteiger partial charge >= 0.3 is 0 Å². The Morgan fingerprint density at radius 1 is 1.26 bits per heavy atom. The number of carbonyl (C=O) groups is 1. The van der Waals surface area contributed by atoms with Crippen molar-refractivity contribution in [1.29, 1.82) is 0 Å². The van der Waals surface area contributed by atoms with Crippen LogP contribution in [-0.4, -0.2) is 37.2 Å². The van der Waals surface area contributed by atoms with Crippen LogP contribution in [0.5, 0.6) is 0 Å². The Balaban J connectivity index is 1.61. The molecule has 3 rings (SSSR count). The Hall–Kier alpha value is -2.87. The van der Waals surface area contributed by atoms with E-state index in [1.807, 2.05) is 53.6 Å². The fourth-order valence-corrected chi connectivity index (χ4v) is 3.33. The summed E-state index contributed by atoms with van der Waals surface area (Å²) in [5.74, 6) is 0.839. The zero-order chi connectivity index (χ0) is 19.2. The average molecular weight is 382 g/mol. The molecule has 0 spiro atoms. The topological polar surface area (TPSA) is 77.1 Å². The molecule has 1 amide bonds. The van der Waals surface area contributed by atoms with Crippen molar-refractivity contribution in [1.82, 2.24) is 24.8 Å². The normalized spacial score (nSPS) is 11.2. The average Bonchev–Trinajstić information content (AvgIpc) is 3.26. The number of aryl methyl sites for hydroxylation is 2. The molecule has 8 heteroatoms. The predicted molar refractivity (Wildman–Crippen MR) is 108 cm³/mol. The number of benzene rings is 1. The van der Waals surface area contributed by atoms with Gasteiger partial charge in [-0.15, -0.1) is 10.2 Å². The monoisotopic (exact) mass is 382 g/mol. The summed E-state index contributed by atoms with van der Waals surface area (Å²) < 4.78 is 3.93. The van der Waals surface area contributed by atoms with Gasteiger partial charge in [0.15, 0.2) is 11.0 Å². The second-order valence-electron chi connectivity index (χ2n) is 6.04. The van der Waals surface area contributed by atoms with Crippen molar-refractivity contribution < 1.29 is 4.79 Å². The van der Waals surface area contributed by atoms with Crippen LogP contribution in [0.1, 0.15) is 18.2 Å². The molecule has 0 fully saturated rings. The minimum atomic E-state index is -0.187. The van der Waals surface area contributed by atoms with E-state index in [4.69, 9.17) is 0 Å². The van der Waals surface area contributed by atoms with Crippen LogP contribution in [0.25, 0.3) is 11.4 Å². The van der Waals surface area contributed by atoms with Crippen LogP contribution in [0.2, 0.25) is 0 Å². The zero-order valence-electron chi connectivity index (χ0n) is 15.6. The largest absolute Gasteiger partial charge is 0.350 e. The first-order chi connectivity index (χ1) is 13.1. The standard InChI is InChI=1S/C19H22N6OS/c1-4-25-18(15-9-7-14(2)8-10-15)22-23-19(25)27-13-17(26)21-20-12-16-6-5-11-24(16)3/h5-12H,4,13H2,1-3H3,(H,21,26). The molecule has 0 bridgehead atoms. The first kappa shape index (κ1) is 18.9. The number of aromatic nitrogens is 4. The highest BCUT2D eigenvalue weighted by molar-refractivity contribution is 7.99. The molecule has 3 aromatic rings. The molecule has 2 aromatic heterocycles. The Morgan fingerprint density at radius 3 is 2.70 bits per heavy atom. The van der Waals surface area contributed by atoms with Gasteiger partial charge < -0.3 is 9.13 Å². The third-order valence-electron chi connectivity index (χ3n) is 4.05. The van der Waals surface area contributed by atoms with Gasteiger partial charge in [0, 0.05) is 25.4 Å². The number of hydrogen-bond donors (Lipinski definition) is 1. The maximum atomic E-state index is 12.0. The molecular weight excluding hydrogens is 360 g/mol. The highest BCUT2D eigenvalue weighted by Crippen LogP contribution is 2.24. The molecule has 140 valence electrons. The summed E-state index contributed by atoms with van der Waals surface area (Å²) in [4.78, 5) is 12.0. The summed E-state index contributed by atoms with van der Waals surface area (Å²) in [7, 11) is 1.92. The lowest BCUT2D eigenvalue weighted by atomic mass is 10.1. The fourth-order valence-electron chi connectivity index (χ4n) is 2.54. The zero-order valence-corrected chi connectivity index (χ0v) is 16.4. The number of thioether (sulfide) groups is 1. The molecule has 2 heterocycles. The molecule has 1 N–H and O–H groups in total. The van der Waals surface area contributed by atoms with Crippen molar-refractivity contribution in [2.75, 3.05) is 5.75 Å². The Bertz CT molecular complexity index is 942. The van der Waals surface area contributed by atoms with Gasteiger partial charge in [0.25, 0.3) is 5.91 Å². The summed E-state index contributed by atoms with van der Waals surface area (Å²) in [6.07, 6.45) is 3.54. The summed E-state index contributed by atoms with van der Waals surface area (Å²) in [6.45, 7) is 4.82. The molecule has 0 saturated carbocycles. The van der Waals surface area contributed by atoms with E-state index in [-0.39, 0.29) is 11.7 Å². The summed E-state index contributed by atoms with van der Waals surface area (Å²) in [6, 6.07) is 12.0. The molecule has 7 nitrogen and oxygen atoms in total. The van der Waals surface area contributed by atoms with Gasteiger partial charge in [0.2, 0.25) is 0 Å². The van der Waals surface area contributed by atoms with Crippen molar-refractivity contribution in [3.8, 4) is 11.4 Å². The molecular formula is C19H22N6OS. The highest BCUT2D eigenvalue weighted by atomic mass is 32.2. The fraction of sp³-hybridized carbons (Fsp3) is 0.263. The predicted octanol–water partition coefficient (Wildman–Crippen LogP) is 2.85. The summed E-state index contributed by atoms with van der Waals surface area (Å²) in [5.41, 5.74) is 5.66. The van der Waals surface area contributed by atoms with Crippen molar-refractivity contribution in [2.45, 2.75) is 25.5 Å². The summed E-state index contributed by atoms with van der Waals surface area (Å²) >= 11 is 1.35. The molecule has 0 saturated heterocycles. The third kappa shape index (κ3) is 4.65. The van der Waals surface area contributed by atoms with Crippen LogP contribution < -0.4 is 5.43 Å². The molecule has 0 aliphatic rings. The highest BCUT2D eigenvalue weighted by Gasteiger charge is 2.14. The van der Waals surface area contributed by atoms with Crippen LogP contribution >= 0.6 is 11.8 Å². The lowest BCUT2D eigenvalue weighted by Crippen LogP contribution is -2.20. The number of amides is 1. The minimum absolute atomic E-state index is 0.187. The Kier molecular flexibility index (Phi) is 6.08. The van der Waals surface area contributed by atoms with E-state index in [0.29, 0.717) is 0 Å². The maximum Gasteiger partial charge on any atom is 0.250 e. The summed E-state index contributed by atoms with van der Waals surface area (Å²) in [5, 5.41) is 13.2. The van der Waals surface area contributed by atoms with Crippen LogP contribution in [0.4, 0.5) is 0 Å². The Labute approximate surface area is 162 Å². The molecule has 1 aromatic carbocycles. The molecule has 27 heavy (non-hydrogen) atoms. The van der Waals surface area contributed by atoms with Crippen molar-refractivity contribution >= 4 is 23.9 Å². The second-order valence-corrected chi connectivity index (χ2v) is 6.98. The lowest BCUT2D eigenvalue weighted by molar-refractivity contribution is -0.118. The SMILES string of the molecule is CCn1c(SCC(=O)NN=Cc2cccn2C)nnc1-c1ccc(C)cc1. The number of nitrogens with one attached hydrogen (secondary N) is 1. The molecule has 0 atom stereocenters. The third-order valence-corrected chi connectivity index (χ3v) is 5.01.